The van der Waals surface area contributed by atoms with E-state index in [4.69, 9.17) is 0 Å². The second kappa shape index (κ2) is 5.32. The number of hydrogen-bond donors (Lipinski definition) is 1. The molecule has 2 aromatic carbocycles. The lowest BCUT2D eigenvalue weighted by Crippen LogP contribution is -2.18. The van der Waals surface area contributed by atoms with Crippen molar-refractivity contribution in [3.05, 3.63) is 64.2 Å². The third-order valence-electron chi connectivity index (χ3n) is 4.50. The van der Waals surface area contributed by atoms with Crippen LogP contribution in [0, 0.1) is 20.8 Å². The van der Waals surface area contributed by atoms with Crippen LogP contribution in [0.3, 0.4) is 0 Å². The maximum Gasteiger partial charge on any atom is 0.0375 e. The van der Waals surface area contributed by atoms with Crippen molar-refractivity contribution in [2.24, 2.45) is 0 Å². The molecule has 0 amide bonds. The van der Waals surface area contributed by atoms with E-state index >= 15 is 0 Å². The van der Waals surface area contributed by atoms with Gasteiger partial charge in [-0.3, -0.25) is 0 Å². The van der Waals surface area contributed by atoms with Gasteiger partial charge in [-0.25, -0.2) is 0 Å². The van der Waals surface area contributed by atoms with Crippen LogP contribution in [0.1, 0.15) is 40.2 Å². The summed E-state index contributed by atoms with van der Waals surface area (Å²) < 4.78 is 0. The SMILES string of the molecule is Cc1cc(C)c(CC2CCNc3ccccc32)c(C)c1. The van der Waals surface area contributed by atoms with E-state index in [-0.39, 0.29) is 0 Å². The van der Waals surface area contributed by atoms with Gasteiger partial charge in [0.15, 0.2) is 0 Å². The maximum atomic E-state index is 3.52. The summed E-state index contributed by atoms with van der Waals surface area (Å²) in [4.78, 5) is 0. The van der Waals surface area contributed by atoms with Gasteiger partial charge < -0.3 is 5.32 Å². The molecule has 3 rings (SSSR count). The van der Waals surface area contributed by atoms with Gasteiger partial charge in [0.05, 0.1) is 0 Å². The molecule has 0 saturated carbocycles. The highest BCUT2D eigenvalue weighted by Gasteiger charge is 2.21. The number of para-hydroxylation sites is 1. The van der Waals surface area contributed by atoms with Crippen molar-refractivity contribution in [1.29, 1.82) is 0 Å². The average Bonchev–Trinajstić information content (AvgIpc) is 2.43. The van der Waals surface area contributed by atoms with Crippen molar-refractivity contribution in [2.75, 3.05) is 11.9 Å². The van der Waals surface area contributed by atoms with E-state index in [9.17, 15) is 0 Å². The van der Waals surface area contributed by atoms with Crippen molar-refractivity contribution in [3.63, 3.8) is 0 Å². The van der Waals surface area contributed by atoms with Crippen molar-refractivity contribution in [3.8, 4) is 0 Å². The molecule has 0 aromatic heterocycles. The maximum absolute atomic E-state index is 3.52. The summed E-state index contributed by atoms with van der Waals surface area (Å²) in [5, 5.41) is 3.52. The van der Waals surface area contributed by atoms with E-state index in [2.05, 4.69) is 62.5 Å². The molecule has 0 spiro atoms. The van der Waals surface area contributed by atoms with Crippen molar-refractivity contribution < 1.29 is 0 Å². The Morgan fingerprint density at radius 3 is 2.50 bits per heavy atom. The lowest BCUT2D eigenvalue weighted by atomic mass is 9.83. The molecule has 1 heteroatoms. The molecule has 1 nitrogen and oxygen atoms in total. The smallest absolute Gasteiger partial charge is 0.0375 e. The second-order valence-corrected chi connectivity index (χ2v) is 6.08. The zero-order valence-electron chi connectivity index (χ0n) is 12.7. The molecule has 1 atom stereocenters. The normalized spacial score (nSPS) is 17.4. The Hall–Kier alpha value is -1.76. The summed E-state index contributed by atoms with van der Waals surface area (Å²) >= 11 is 0. The minimum absolute atomic E-state index is 0.646. The van der Waals surface area contributed by atoms with Crippen LogP contribution in [0.25, 0.3) is 0 Å². The number of benzene rings is 2. The first-order valence-electron chi connectivity index (χ1n) is 7.54. The fraction of sp³-hybridized carbons (Fsp3) is 0.368. The first-order chi connectivity index (χ1) is 9.65. The van der Waals surface area contributed by atoms with Gasteiger partial charge in [-0.2, -0.15) is 0 Å². The summed E-state index contributed by atoms with van der Waals surface area (Å²) in [7, 11) is 0. The molecule has 0 saturated heterocycles. The Morgan fingerprint density at radius 1 is 1.05 bits per heavy atom. The highest BCUT2D eigenvalue weighted by atomic mass is 14.9. The monoisotopic (exact) mass is 265 g/mol. The number of anilines is 1. The van der Waals surface area contributed by atoms with Gasteiger partial charge in [-0.15, -0.1) is 0 Å². The molecule has 0 bridgehead atoms. The van der Waals surface area contributed by atoms with Gasteiger partial charge in [0, 0.05) is 12.2 Å². The molecule has 2 aromatic rings. The second-order valence-electron chi connectivity index (χ2n) is 6.08. The zero-order valence-corrected chi connectivity index (χ0v) is 12.7. The van der Waals surface area contributed by atoms with E-state index in [0.29, 0.717) is 5.92 Å². The Bertz CT molecular complexity index is 604. The third kappa shape index (κ3) is 2.45. The van der Waals surface area contributed by atoms with E-state index in [1.165, 1.54) is 39.9 Å². The van der Waals surface area contributed by atoms with Gasteiger partial charge in [-0.1, -0.05) is 35.9 Å². The molecule has 1 aliphatic rings. The molecule has 0 radical (unpaired) electrons. The van der Waals surface area contributed by atoms with Crippen LogP contribution in [-0.2, 0) is 6.42 Å². The van der Waals surface area contributed by atoms with Gasteiger partial charge >= 0.3 is 0 Å². The van der Waals surface area contributed by atoms with Crippen LogP contribution in [0.4, 0.5) is 5.69 Å². The van der Waals surface area contributed by atoms with Gasteiger partial charge in [-0.05, 0) is 67.9 Å². The minimum Gasteiger partial charge on any atom is -0.385 e. The first kappa shape index (κ1) is 13.2. The fourth-order valence-corrected chi connectivity index (χ4v) is 3.54. The number of fused-ring (bicyclic) bond motifs is 1. The summed E-state index contributed by atoms with van der Waals surface area (Å²) in [6.07, 6.45) is 2.39. The summed E-state index contributed by atoms with van der Waals surface area (Å²) in [6, 6.07) is 13.4. The van der Waals surface area contributed by atoms with E-state index in [1.807, 2.05) is 0 Å². The minimum atomic E-state index is 0.646. The lowest BCUT2D eigenvalue weighted by Gasteiger charge is -2.28. The Labute approximate surface area is 122 Å². The molecule has 20 heavy (non-hydrogen) atoms. The molecule has 104 valence electrons. The quantitative estimate of drug-likeness (QED) is 0.826. The van der Waals surface area contributed by atoms with Crippen LogP contribution in [-0.4, -0.2) is 6.54 Å². The fourth-order valence-electron chi connectivity index (χ4n) is 3.54. The van der Waals surface area contributed by atoms with Crippen LogP contribution in [0.5, 0.6) is 0 Å². The molecule has 0 fully saturated rings. The highest BCUT2D eigenvalue weighted by molar-refractivity contribution is 5.55. The summed E-state index contributed by atoms with van der Waals surface area (Å²) in [5.41, 5.74) is 8.60. The highest BCUT2D eigenvalue weighted by Crippen LogP contribution is 2.35. The van der Waals surface area contributed by atoms with Crippen molar-refractivity contribution in [2.45, 2.75) is 39.5 Å². The van der Waals surface area contributed by atoms with E-state index < -0.39 is 0 Å². The Kier molecular flexibility index (Phi) is 3.52. The van der Waals surface area contributed by atoms with Crippen molar-refractivity contribution in [1.82, 2.24) is 0 Å². The average molecular weight is 265 g/mol. The molecule has 1 N–H and O–H groups in total. The first-order valence-corrected chi connectivity index (χ1v) is 7.54. The lowest BCUT2D eigenvalue weighted by molar-refractivity contribution is 0.620. The number of nitrogens with one attached hydrogen (secondary N) is 1. The van der Waals surface area contributed by atoms with Crippen LogP contribution < -0.4 is 5.32 Å². The standard InChI is InChI=1S/C19H23N/c1-13-10-14(2)18(15(3)11-13)12-16-8-9-20-19-7-5-4-6-17(16)19/h4-7,10-11,16,20H,8-9,12H2,1-3H3. The summed E-state index contributed by atoms with van der Waals surface area (Å²) in [5.74, 6) is 0.646. The zero-order chi connectivity index (χ0) is 14.1. The van der Waals surface area contributed by atoms with Crippen LogP contribution >= 0.6 is 0 Å². The van der Waals surface area contributed by atoms with Crippen LogP contribution in [0.15, 0.2) is 36.4 Å². The van der Waals surface area contributed by atoms with Crippen LogP contribution in [0.2, 0.25) is 0 Å². The topological polar surface area (TPSA) is 12.0 Å². The molecule has 1 heterocycles. The summed E-state index contributed by atoms with van der Waals surface area (Å²) in [6.45, 7) is 7.78. The predicted octanol–water partition coefficient (Wildman–Crippen LogP) is 4.75. The van der Waals surface area contributed by atoms with Crippen molar-refractivity contribution >= 4 is 5.69 Å². The number of aryl methyl sites for hydroxylation is 3. The van der Waals surface area contributed by atoms with Gasteiger partial charge in [0.1, 0.15) is 0 Å². The van der Waals surface area contributed by atoms with E-state index in [1.54, 1.807) is 0 Å². The van der Waals surface area contributed by atoms with Gasteiger partial charge in [0.2, 0.25) is 0 Å². The van der Waals surface area contributed by atoms with E-state index in [0.717, 1.165) is 13.0 Å². The molecular weight excluding hydrogens is 242 g/mol. The number of rotatable bonds is 2. The predicted molar refractivity (Wildman–Crippen MR) is 86.6 cm³/mol. The number of hydrogen-bond acceptors (Lipinski definition) is 1. The Morgan fingerprint density at radius 2 is 1.75 bits per heavy atom. The largest absolute Gasteiger partial charge is 0.385 e. The Balaban J connectivity index is 1.94. The molecule has 1 unspecified atom stereocenters. The van der Waals surface area contributed by atoms with Gasteiger partial charge in [0.25, 0.3) is 0 Å². The molecule has 1 aliphatic heterocycles. The molecule has 0 aliphatic carbocycles. The molecular formula is C19H23N. The third-order valence-corrected chi connectivity index (χ3v) is 4.50.